The van der Waals surface area contributed by atoms with Gasteiger partial charge in [-0.2, -0.15) is 0 Å². The largest absolute Gasteiger partial charge is 0.480 e. The summed E-state index contributed by atoms with van der Waals surface area (Å²) in [6, 6.07) is 10.7. The van der Waals surface area contributed by atoms with E-state index in [2.05, 4.69) is 58.5 Å². The molecule has 0 aliphatic carbocycles. The molecule has 31 heteroatoms. The number of hydrogen-bond donors (Lipinski definition) is 17. The normalized spacial score (nSPS) is 15.9. The van der Waals surface area contributed by atoms with Gasteiger partial charge in [-0.1, -0.05) is 167 Å². The van der Waals surface area contributed by atoms with E-state index in [1.165, 1.54) is 4.90 Å². The van der Waals surface area contributed by atoms with E-state index in [4.69, 9.17) is 28.7 Å². The lowest BCUT2D eigenvalue weighted by atomic mass is 9.97. The molecule has 1 saturated heterocycles. The Morgan fingerprint density at radius 1 is 0.353 bits per heavy atom. The molecule has 0 unspecified atom stereocenters. The van der Waals surface area contributed by atoms with Crippen LogP contribution in [0.25, 0.3) is 0 Å². The number of benzene rings is 3. The highest BCUT2D eigenvalue weighted by Gasteiger charge is 2.42. The fraction of sp³-hybridized carbons (Fsp3) is 0.635. The second-order valence-electron chi connectivity index (χ2n) is 32.7. The van der Waals surface area contributed by atoms with E-state index in [9.17, 15) is 62.6 Å². The number of carboxylic acids is 1. The zero-order valence-corrected chi connectivity index (χ0v) is 70.0. The van der Waals surface area contributed by atoms with Crippen molar-refractivity contribution in [2.45, 2.75) is 283 Å². The van der Waals surface area contributed by atoms with E-state index in [1.807, 2.05) is 55.4 Å². The number of likely N-dealkylation sites (tertiary alicyclic amines) is 1. The van der Waals surface area contributed by atoms with Gasteiger partial charge in [-0.25, -0.2) is 4.79 Å². The number of nitrogens with zero attached hydrogens (tertiary/aromatic N) is 1. The smallest absolute Gasteiger partial charge is 0.326 e. The molecule has 0 radical (unpaired) electrons. The van der Waals surface area contributed by atoms with Crippen LogP contribution in [0, 0.1) is 29.6 Å². The van der Waals surface area contributed by atoms with Gasteiger partial charge in [0, 0.05) is 25.8 Å². The van der Waals surface area contributed by atoms with Crippen molar-refractivity contribution in [3.8, 4) is 0 Å². The minimum Gasteiger partial charge on any atom is -0.480 e. The quantitative estimate of drug-likeness (QED) is 0.0361. The number of carboxylic acid groups (broad SMARTS) is 1. The number of nitrogens with one attached hydrogen (secondary N) is 11. The Morgan fingerprint density at radius 2 is 0.647 bits per heavy atom. The number of carbonyl (C=O) groups excluding carboxylic acids is 12. The van der Waals surface area contributed by atoms with Crippen LogP contribution >= 0.6 is 0 Å². The summed E-state index contributed by atoms with van der Waals surface area (Å²) >= 11 is 0. The highest BCUT2D eigenvalue weighted by molar-refractivity contribution is 6.00. The Balaban J connectivity index is 1.58. The Hall–Kier alpha value is -9.43. The molecular weight excluding hydrogens is 1480 g/mol. The third kappa shape index (κ3) is 36.0. The van der Waals surface area contributed by atoms with E-state index >= 15 is 4.79 Å². The van der Waals surface area contributed by atoms with Gasteiger partial charge in [0.05, 0.1) is 6.04 Å². The molecule has 12 amide bonds. The summed E-state index contributed by atoms with van der Waals surface area (Å²) in [6.45, 7) is 19.6. The van der Waals surface area contributed by atoms with Crippen LogP contribution in [0.3, 0.4) is 0 Å². The third-order valence-electron chi connectivity index (χ3n) is 20.2. The van der Waals surface area contributed by atoms with Crippen molar-refractivity contribution in [3.63, 3.8) is 0 Å². The van der Waals surface area contributed by atoms with Crippen LogP contribution in [0.4, 0.5) is 0 Å². The maximum atomic E-state index is 15.1. The molecule has 1 heterocycles. The molecule has 0 saturated carbocycles. The molecule has 31 nitrogen and oxygen atoms in total. The van der Waals surface area contributed by atoms with Gasteiger partial charge in [-0.3, -0.25) is 57.5 Å². The van der Waals surface area contributed by atoms with Crippen molar-refractivity contribution < 1.29 is 67.4 Å². The molecule has 13 atom stereocenters. The van der Waals surface area contributed by atoms with Gasteiger partial charge in [0.15, 0.2) is 0 Å². The van der Waals surface area contributed by atoms with E-state index in [0.717, 1.165) is 0 Å². The van der Waals surface area contributed by atoms with Gasteiger partial charge in [-0.15, -0.1) is 0 Å². The molecule has 1 aliphatic rings. The Bertz CT molecular complexity index is 3560. The molecule has 4 rings (SSSR count). The number of rotatable bonds is 55. The molecule has 22 N–H and O–H groups in total. The molecule has 0 aromatic heterocycles. The minimum atomic E-state index is -1.35. The highest BCUT2D eigenvalue weighted by atomic mass is 16.4. The van der Waals surface area contributed by atoms with Crippen molar-refractivity contribution in [3.05, 3.63) is 108 Å². The van der Waals surface area contributed by atoms with Crippen molar-refractivity contribution in [1.29, 1.82) is 0 Å². The standard InChI is InChI=1S/C85H137N17O14/c1-52(2)45-64(77(107)95-65(46-53(3)4)78(108)97-67(49-57-29-14-11-15-30-57)80(110)100-70(85(115)116)51-59-33-18-13-19-34-59)96-79(109)68(50-58-31-16-12-17-32-58)98-82(112)71-39-28-44-102(71)84(114)69(48-55(7)8)99-83(113)72(56(9)10)101-81(111)66(47-54(5)6)94-76(106)63(38-23-27-43-89)93-75(105)62(37-22-26-42-88)92-74(104)61(36-21-25-41-87)91-73(103)60(90)35-20-24-40-86/h11-19,29-34,52-56,60-72H,20-28,35-51,86-90H2,1-10H3,(H,91,103)(H,92,104)(H,93,105)(H,94,106)(H,95,107)(H,96,109)(H,97,108)(H,98,112)(H,99,113)(H,100,110)(H,101,111)(H,115,116)/t60-,61-,62-,63-,64-,65-,66-,67-,68-,69-,70-,71-,72-/m0/s1. The summed E-state index contributed by atoms with van der Waals surface area (Å²) in [5, 5.41) is 41.2. The SMILES string of the molecule is CC(C)C[C@H](NC(=O)[C@H](CC(C)C)NC(=O)[C@H](Cc1ccccc1)NC(=O)[C@@H]1CCCN1C(=O)[C@H](CC(C)C)NC(=O)[C@@H](NC(=O)[C@H](CC(C)C)NC(=O)[C@H](CCCCN)NC(=O)[C@H](CCCCN)NC(=O)[C@H](CCCCN)NC(=O)[C@@H](N)CCCCN)C(C)C)C(=O)N[C@@H](Cc1ccccc1)C(=O)N[C@@H](Cc1ccccc1)C(=O)O. The van der Waals surface area contributed by atoms with E-state index in [1.54, 1.807) is 105 Å². The number of amides is 12. The second kappa shape index (κ2) is 53.0. The molecule has 3 aromatic rings. The van der Waals surface area contributed by atoms with Gasteiger partial charge >= 0.3 is 5.97 Å². The monoisotopic (exact) mass is 1620 g/mol. The first kappa shape index (κ1) is 98.9. The van der Waals surface area contributed by atoms with Crippen LogP contribution in [0.15, 0.2) is 91.0 Å². The van der Waals surface area contributed by atoms with Crippen molar-refractivity contribution >= 4 is 76.9 Å². The summed E-state index contributed by atoms with van der Waals surface area (Å²) in [7, 11) is 0. The first-order chi connectivity index (χ1) is 55.2. The molecule has 0 bridgehead atoms. The maximum absolute atomic E-state index is 15.1. The second-order valence-corrected chi connectivity index (χ2v) is 32.7. The fourth-order valence-corrected chi connectivity index (χ4v) is 13.9. The van der Waals surface area contributed by atoms with Crippen molar-refractivity contribution in [2.24, 2.45) is 58.3 Å². The van der Waals surface area contributed by atoms with Crippen molar-refractivity contribution in [2.75, 3.05) is 32.7 Å². The average molecular weight is 1620 g/mol. The maximum Gasteiger partial charge on any atom is 0.326 e. The van der Waals surface area contributed by atoms with Gasteiger partial charge in [-0.05, 0) is 182 Å². The van der Waals surface area contributed by atoms with E-state index < -0.39 is 161 Å². The van der Waals surface area contributed by atoms with Crippen LogP contribution in [0.1, 0.15) is 202 Å². The zero-order chi connectivity index (χ0) is 86.0. The molecular formula is C85H137N17O14. The zero-order valence-electron chi connectivity index (χ0n) is 70.0. The fourth-order valence-electron chi connectivity index (χ4n) is 13.9. The lowest BCUT2D eigenvalue weighted by molar-refractivity contribution is -0.143. The summed E-state index contributed by atoms with van der Waals surface area (Å²) in [4.78, 5) is 189. The number of hydrogen-bond acceptors (Lipinski definition) is 18. The van der Waals surface area contributed by atoms with Crippen LogP contribution in [-0.2, 0) is 81.6 Å². The number of aliphatic carboxylic acids is 1. The predicted molar refractivity (Wildman–Crippen MR) is 446 cm³/mol. The molecule has 1 aliphatic heterocycles. The molecule has 1 fully saturated rings. The molecule has 0 spiro atoms. The predicted octanol–water partition coefficient (Wildman–Crippen LogP) is 2.81. The highest BCUT2D eigenvalue weighted by Crippen LogP contribution is 2.23. The van der Waals surface area contributed by atoms with Gasteiger partial charge in [0.25, 0.3) is 0 Å². The Morgan fingerprint density at radius 3 is 1.01 bits per heavy atom. The number of carbonyl (C=O) groups is 13. The molecule has 116 heavy (non-hydrogen) atoms. The average Bonchev–Trinajstić information content (AvgIpc) is 1.67. The van der Waals surface area contributed by atoms with Gasteiger partial charge in [0.2, 0.25) is 70.9 Å². The lowest BCUT2D eigenvalue weighted by Crippen LogP contribution is -2.61. The topological polar surface area (TPSA) is 508 Å². The summed E-state index contributed by atoms with van der Waals surface area (Å²) in [5.74, 6) is -10.9. The Kier molecular flexibility index (Phi) is 45.2. The third-order valence-corrected chi connectivity index (χ3v) is 20.2. The van der Waals surface area contributed by atoms with Crippen LogP contribution in [0.5, 0.6) is 0 Å². The number of nitrogens with two attached hydrogens (primary N) is 5. The van der Waals surface area contributed by atoms with Crippen molar-refractivity contribution in [1.82, 2.24) is 63.4 Å². The lowest BCUT2D eigenvalue weighted by Gasteiger charge is -2.32. The minimum absolute atomic E-state index is 0.0264. The van der Waals surface area contributed by atoms with Crippen LogP contribution in [0.2, 0.25) is 0 Å². The molecule has 3 aromatic carbocycles. The first-order valence-corrected chi connectivity index (χ1v) is 41.8. The van der Waals surface area contributed by atoms with Crippen LogP contribution in [-0.4, -0.2) is 198 Å². The summed E-state index contributed by atoms with van der Waals surface area (Å²) in [5.41, 5.74) is 31.3. The first-order valence-electron chi connectivity index (χ1n) is 41.8. The van der Waals surface area contributed by atoms with Crippen LogP contribution < -0.4 is 87.2 Å². The summed E-state index contributed by atoms with van der Waals surface area (Å²) < 4.78 is 0. The summed E-state index contributed by atoms with van der Waals surface area (Å²) in [6.07, 6.45) is 5.66. The van der Waals surface area contributed by atoms with E-state index in [-0.39, 0.29) is 107 Å². The van der Waals surface area contributed by atoms with Gasteiger partial charge in [0.1, 0.15) is 72.5 Å². The molecule has 646 valence electrons. The van der Waals surface area contributed by atoms with Gasteiger partial charge < -0.3 is 97.2 Å². The Labute approximate surface area is 685 Å². The van der Waals surface area contributed by atoms with E-state index in [0.29, 0.717) is 101 Å². The number of unbranched alkanes of at least 4 members (excludes halogenated alkanes) is 4.